The summed E-state index contributed by atoms with van der Waals surface area (Å²) >= 11 is 0. The molecule has 1 saturated heterocycles. The van der Waals surface area contributed by atoms with Crippen LogP contribution in [0.1, 0.15) is 12.0 Å². The third-order valence-electron chi connectivity index (χ3n) is 3.70. The summed E-state index contributed by atoms with van der Waals surface area (Å²) in [6, 6.07) is 11.9. The van der Waals surface area contributed by atoms with Crippen LogP contribution < -0.4 is 9.80 Å². The second-order valence-electron chi connectivity index (χ2n) is 5.01. The van der Waals surface area contributed by atoms with Crippen LogP contribution in [-0.2, 0) is 0 Å². The summed E-state index contributed by atoms with van der Waals surface area (Å²) in [5.41, 5.74) is 1.76. The molecule has 0 amide bonds. The van der Waals surface area contributed by atoms with Crippen LogP contribution in [0.4, 0.5) is 11.6 Å². The molecule has 0 unspecified atom stereocenters. The van der Waals surface area contributed by atoms with E-state index in [1.54, 1.807) is 12.4 Å². The Morgan fingerprint density at radius 3 is 2.43 bits per heavy atom. The number of para-hydroxylation sites is 1. The van der Waals surface area contributed by atoms with Gasteiger partial charge in [0, 0.05) is 38.6 Å². The molecule has 0 saturated carbocycles. The van der Waals surface area contributed by atoms with Crippen molar-refractivity contribution in [2.24, 2.45) is 0 Å². The third kappa shape index (κ3) is 2.95. The molecular weight excluding hydrogens is 262 g/mol. The summed E-state index contributed by atoms with van der Waals surface area (Å²) in [4.78, 5) is 13.1. The van der Waals surface area contributed by atoms with E-state index >= 15 is 0 Å². The Balaban J connectivity index is 1.76. The number of anilines is 2. The van der Waals surface area contributed by atoms with Crippen LogP contribution in [0, 0.1) is 11.3 Å². The maximum atomic E-state index is 9.24. The normalized spacial score (nSPS) is 15.4. The molecule has 0 N–H and O–H groups in total. The summed E-state index contributed by atoms with van der Waals surface area (Å²) in [6.07, 6.45) is 4.57. The maximum Gasteiger partial charge on any atom is 0.225 e. The summed E-state index contributed by atoms with van der Waals surface area (Å²) in [7, 11) is 0. The van der Waals surface area contributed by atoms with Gasteiger partial charge in [-0.25, -0.2) is 9.97 Å². The maximum absolute atomic E-state index is 9.24. The van der Waals surface area contributed by atoms with Gasteiger partial charge < -0.3 is 9.80 Å². The predicted octanol–water partition coefficient (Wildman–Crippen LogP) is 2.06. The Hall–Kier alpha value is -2.61. The highest BCUT2D eigenvalue weighted by molar-refractivity contribution is 5.59. The number of benzene rings is 1. The summed E-state index contributed by atoms with van der Waals surface area (Å²) in [5.74, 6) is 0.785. The topological polar surface area (TPSA) is 56.1 Å². The van der Waals surface area contributed by atoms with Gasteiger partial charge in [-0.15, -0.1) is 0 Å². The Kier molecular flexibility index (Phi) is 3.97. The second kappa shape index (κ2) is 6.23. The minimum atomic E-state index is 0.738. The molecule has 1 aromatic carbocycles. The number of rotatable bonds is 2. The van der Waals surface area contributed by atoms with Crippen molar-refractivity contribution < 1.29 is 0 Å². The lowest BCUT2D eigenvalue weighted by atomic mass is 10.1. The van der Waals surface area contributed by atoms with Crippen molar-refractivity contribution in [2.45, 2.75) is 6.42 Å². The highest BCUT2D eigenvalue weighted by Gasteiger charge is 2.18. The van der Waals surface area contributed by atoms with Gasteiger partial charge in [0.15, 0.2) is 0 Å². The van der Waals surface area contributed by atoms with Crippen LogP contribution in [0.15, 0.2) is 42.7 Å². The number of nitrogens with zero attached hydrogens (tertiary/aromatic N) is 5. The van der Waals surface area contributed by atoms with Gasteiger partial charge in [0.1, 0.15) is 6.07 Å². The fraction of sp³-hybridized carbons (Fsp3) is 0.312. The standard InChI is InChI=1S/C16H17N5/c17-13-14-5-1-2-6-15(14)20-9-4-10-21(12-11-20)16-18-7-3-8-19-16/h1-3,5-8H,4,9-12H2. The molecule has 0 radical (unpaired) electrons. The molecule has 1 aliphatic heterocycles. The van der Waals surface area contributed by atoms with E-state index < -0.39 is 0 Å². The third-order valence-corrected chi connectivity index (χ3v) is 3.70. The molecule has 2 heterocycles. The summed E-state index contributed by atoms with van der Waals surface area (Å²) in [5, 5.41) is 9.24. The molecule has 1 aliphatic rings. The quantitative estimate of drug-likeness (QED) is 0.842. The second-order valence-corrected chi connectivity index (χ2v) is 5.01. The van der Waals surface area contributed by atoms with E-state index in [0.29, 0.717) is 0 Å². The summed E-state index contributed by atoms with van der Waals surface area (Å²) < 4.78 is 0. The van der Waals surface area contributed by atoms with Gasteiger partial charge in [0.05, 0.1) is 11.3 Å². The van der Waals surface area contributed by atoms with Crippen molar-refractivity contribution in [3.8, 4) is 6.07 Å². The first-order valence-corrected chi connectivity index (χ1v) is 7.14. The van der Waals surface area contributed by atoms with Gasteiger partial charge in [-0.1, -0.05) is 12.1 Å². The molecule has 106 valence electrons. The van der Waals surface area contributed by atoms with Crippen molar-refractivity contribution >= 4 is 11.6 Å². The van der Waals surface area contributed by atoms with Crippen molar-refractivity contribution in [2.75, 3.05) is 36.0 Å². The molecule has 0 bridgehead atoms. The average molecular weight is 279 g/mol. The SMILES string of the molecule is N#Cc1ccccc1N1CCCN(c2ncccn2)CC1. The molecule has 2 aromatic rings. The molecule has 0 spiro atoms. The highest BCUT2D eigenvalue weighted by Crippen LogP contribution is 2.21. The first-order chi connectivity index (χ1) is 10.4. The lowest BCUT2D eigenvalue weighted by Crippen LogP contribution is -2.31. The van der Waals surface area contributed by atoms with E-state index in [-0.39, 0.29) is 0 Å². The van der Waals surface area contributed by atoms with Gasteiger partial charge in [-0.3, -0.25) is 0 Å². The van der Waals surface area contributed by atoms with E-state index in [9.17, 15) is 5.26 Å². The molecular formula is C16H17N5. The molecule has 0 atom stereocenters. The number of hydrogen-bond acceptors (Lipinski definition) is 5. The molecule has 5 nitrogen and oxygen atoms in total. The van der Waals surface area contributed by atoms with Crippen LogP contribution in [-0.4, -0.2) is 36.1 Å². The Labute approximate surface area is 124 Å². The van der Waals surface area contributed by atoms with Crippen molar-refractivity contribution in [3.63, 3.8) is 0 Å². The van der Waals surface area contributed by atoms with Crippen LogP contribution >= 0.6 is 0 Å². The zero-order valence-electron chi connectivity index (χ0n) is 11.8. The minimum Gasteiger partial charge on any atom is -0.369 e. The Bertz CT molecular complexity index is 635. The van der Waals surface area contributed by atoms with E-state index in [4.69, 9.17) is 0 Å². The van der Waals surface area contributed by atoms with Crippen molar-refractivity contribution in [1.82, 2.24) is 9.97 Å². The molecule has 1 fully saturated rings. The summed E-state index contributed by atoms with van der Waals surface area (Å²) in [6.45, 7) is 3.62. The monoisotopic (exact) mass is 279 g/mol. The smallest absolute Gasteiger partial charge is 0.225 e. The number of aromatic nitrogens is 2. The fourth-order valence-corrected chi connectivity index (χ4v) is 2.66. The molecule has 3 rings (SSSR count). The van der Waals surface area contributed by atoms with Gasteiger partial charge in [0.2, 0.25) is 5.95 Å². The van der Waals surface area contributed by atoms with Gasteiger partial charge >= 0.3 is 0 Å². The lowest BCUT2D eigenvalue weighted by molar-refractivity contribution is 0.782. The van der Waals surface area contributed by atoms with E-state index in [1.807, 2.05) is 30.3 Å². The van der Waals surface area contributed by atoms with E-state index in [1.165, 1.54) is 0 Å². The van der Waals surface area contributed by atoms with Crippen LogP contribution in [0.25, 0.3) is 0 Å². The van der Waals surface area contributed by atoms with Gasteiger partial charge in [-0.2, -0.15) is 5.26 Å². The lowest BCUT2D eigenvalue weighted by Gasteiger charge is -2.24. The minimum absolute atomic E-state index is 0.738. The fourth-order valence-electron chi connectivity index (χ4n) is 2.66. The predicted molar refractivity (Wildman–Crippen MR) is 82.2 cm³/mol. The highest BCUT2D eigenvalue weighted by atomic mass is 15.3. The van der Waals surface area contributed by atoms with E-state index in [0.717, 1.165) is 49.8 Å². The average Bonchev–Trinajstić information content (AvgIpc) is 2.81. The van der Waals surface area contributed by atoms with Crippen LogP contribution in [0.2, 0.25) is 0 Å². The van der Waals surface area contributed by atoms with E-state index in [2.05, 4.69) is 25.8 Å². The first-order valence-electron chi connectivity index (χ1n) is 7.14. The first kappa shape index (κ1) is 13.4. The van der Waals surface area contributed by atoms with Crippen LogP contribution in [0.5, 0.6) is 0 Å². The number of hydrogen-bond donors (Lipinski definition) is 0. The zero-order valence-corrected chi connectivity index (χ0v) is 11.8. The van der Waals surface area contributed by atoms with Crippen molar-refractivity contribution in [1.29, 1.82) is 5.26 Å². The number of nitriles is 1. The zero-order chi connectivity index (χ0) is 14.5. The van der Waals surface area contributed by atoms with Crippen LogP contribution in [0.3, 0.4) is 0 Å². The molecule has 5 heteroatoms. The Morgan fingerprint density at radius 1 is 0.905 bits per heavy atom. The molecule has 0 aliphatic carbocycles. The van der Waals surface area contributed by atoms with Gasteiger partial charge in [0.25, 0.3) is 0 Å². The molecule has 21 heavy (non-hydrogen) atoms. The molecule has 1 aromatic heterocycles. The van der Waals surface area contributed by atoms with Crippen molar-refractivity contribution in [3.05, 3.63) is 48.3 Å². The largest absolute Gasteiger partial charge is 0.369 e. The van der Waals surface area contributed by atoms with Gasteiger partial charge in [-0.05, 0) is 24.6 Å². The Morgan fingerprint density at radius 2 is 1.62 bits per heavy atom.